The predicted octanol–water partition coefficient (Wildman–Crippen LogP) is 4.66. The van der Waals surface area contributed by atoms with Crippen molar-refractivity contribution in [3.63, 3.8) is 0 Å². The van der Waals surface area contributed by atoms with Gasteiger partial charge in [0.25, 0.3) is 5.91 Å². The first-order valence-corrected chi connectivity index (χ1v) is 9.75. The number of nitrogens with one attached hydrogen (secondary N) is 1. The number of rotatable bonds is 5. The molecule has 0 unspecified atom stereocenters. The van der Waals surface area contributed by atoms with Crippen molar-refractivity contribution in [2.24, 2.45) is 0 Å². The van der Waals surface area contributed by atoms with Crippen molar-refractivity contribution in [2.45, 2.75) is 18.8 Å². The van der Waals surface area contributed by atoms with E-state index in [1.807, 2.05) is 11.3 Å². The Morgan fingerprint density at radius 3 is 2.54 bits per heavy atom. The Labute approximate surface area is 156 Å². The van der Waals surface area contributed by atoms with Crippen LogP contribution in [0.3, 0.4) is 0 Å². The number of halogens is 2. The summed E-state index contributed by atoms with van der Waals surface area (Å²) in [4.78, 5) is 16.1. The largest absolute Gasteiger partial charge is 0.351 e. The van der Waals surface area contributed by atoms with Crippen LogP contribution in [-0.4, -0.2) is 37.0 Å². The summed E-state index contributed by atoms with van der Waals surface area (Å²) in [6.45, 7) is 3.67. The van der Waals surface area contributed by atoms with Gasteiger partial charge < -0.3 is 10.2 Å². The quantitative estimate of drug-likeness (QED) is 0.814. The number of thiophene rings is 1. The molecule has 0 aliphatic carbocycles. The van der Waals surface area contributed by atoms with Gasteiger partial charge in [-0.25, -0.2) is 0 Å². The molecule has 1 amide bonds. The molecule has 1 aromatic heterocycles. The second-order valence-electron chi connectivity index (χ2n) is 6.05. The topological polar surface area (TPSA) is 32.3 Å². The zero-order valence-corrected chi connectivity index (χ0v) is 15.6. The molecule has 0 bridgehead atoms. The number of likely N-dealkylation sites (tertiary alicyclic amines) is 1. The summed E-state index contributed by atoms with van der Waals surface area (Å²) in [6.07, 6.45) is 2.39. The Morgan fingerprint density at radius 2 is 1.92 bits per heavy atom. The molecule has 3 nitrogen and oxygen atoms in total. The van der Waals surface area contributed by atoms with Crippen molar-refractivity contribution in [3.8, 4) is 0 Å². The molecule has 1 aliphatic rings. The first kappa shape index (κ1) is 17.7. The fourth-order valence-corrected chi connectivity index (χ4v) is 4.50. The van der Waals surface area contributed by atoms with Gasteiger partial charge in [0.1, 0.15) is 0 Å². The molecule has 0 radical (unpaired) electrons. The van der Waals surface area contributed by atoms with E-state index in [2.05, 4.69) is 27.7 Å². The van der Waals surface area contributed by atoms with Crippen molar-refractivity contribution in [3.05, 3.63) is 56.2 Å². The number of carbonyl (C=O) groups is 1. The first-order valence-electron chi connectivity index (χ1n) is 8.12. The number of benzene rings is 1. The Kier molecular flexibility index (Phi) is 6.17. The second kappa shape index (κ2) is 8.34. The van der Waals surface area contributed by atoms with Gasteiger partial charge in [-0.2, -0.15) is 0 Å². The Balaban J connectivity index is 1.41. The van der Waals surface area contributed by atoms with Gasteiger partial charge in [0.05, 0.1) is 0 Å². The van der Waals surface area contributed by atoms with E-state index in [0.29, 0.717) is 28.1 Å². The lowest BCUT2D eigenvalue weighted by Gasteiger charge is -2.31. The van der Waals surface area contributed by atoms with Crippen molar-refractivity contribution in [1.29, 1.82) is 0 Å². The molecule has 3 rings (SSSR count). The minimum atomic E-state index is -0.132. The Bertz CT molecular complexity index is 662. The SMILES string of the molecule is O=C(NCCN1CCC(c2cccs2)CC1)c1cc(Cl)cc(Cl)c1. The lowest BCUT2D eigenvalue weighted by Crippen LogP contribution is -2.39. The fraction of sp³-hybridized carbons (Fsp3) is 0.389. The monoisotopic (exact) mass is 382 g/mol. The van der Waals surface area contributed by atoms with Gasteiger partial charge in [-0.1, -0.05) is 29.3 Å². The third kappa shape index (κ3) is 4.73. The van der Waals surface area contributed by atoms with Gasteiger partial charge in [0, 0.05) is 33.6 Å². The van der Waals surface area contributed by atoms with Crippen LogP contribution in [0.4, 0.5) is 0 Å². The van der Waals surface area contributed by atoms with E-state index in [1.54, 1.807) is 18.2 Å². The lowest BCUT2D eigenvalue weighted by atomic mass is 9.95. The van der Waals surface area contributed by atoms with E-state index in [-0.39, 0.29) is 5.91 Å². The highest BCUT2D eigenvalue weighted by molar-refractivity contribution is 7.10. The van der Waals surface area contributed by atoms with Crippen LogP contribution in [0.5, 0.6) is 0 Å². The van der Waals surface area contributed by atoms with E-state index in [9.17, 15) is 4.79 Å². The molecule has 24 heavy (non-hydrogen) atoms. The predicted molar refractivity (Wildman–Crippen MR) is 102 cm³/mol. The highest BCUT2D eigenvalue weighted by Crippen LogP contribution is 2.30. The van der Waals surface area contributed by atoms with Crippen LogP contribution in [0.2, 0.25) is 10.0 Å². The number of piperidine rings is 1. The summed E-state index contributed by atoms with van der Waals surface area (Å²) in [5, 5.41) is 6.05. The average molecular weight is 383 g/mol. The normalized spacial score (nSPS) is 16.2. The maximum absolute atomic E-state index is 12.2. The van der Waals surface area contributed by atoms with E-state index in [1.165, 1.54) is 17.7 Å². The van der Waals surface area contributed by atoms with Crippen LogP contribution in [0.1, 0.15) is 34.0 Å². The van der Waals surface area contributed by atoms with Crippen LogP contribution in [0.25, 0.3) is 0 Å². The maximum atomic E-state index is 12.2. The zero-order chi connectivity index (χ0) is 16.9. The van der Waals surface area contributed by atoms with Gasteiger partial charge in [0.2, 0.25) is 0 Å². The van der Waals surface area contributed by atoms with Gasteiger partial charge in [0.15, 0.2) is 0 Å². The Hall–Kier alpha value is -1.07. The maximum Gasteiger partial charge on any atom is 0.251 e. The highest BCUT2D eigenvalue weighted by Gasteiger charge is 2.21. The van der Waals surface area contributed by atoms with Crippen LogP contribution in [0, 0.1) is 0 Å². The van der Waals surface area contributed by atoms with Gasteiger partial charge in [-0.05, 0) is 61.5 Å². The summed E-state index contributed by atoms with van der Waals surface area (Å²) in [5.74, 6) is 0.567. The smallest absolute Gasteiger partial charge is 0.251 e. The summed E-state index contributed by atoms with van der Waals surface area (Å²) in [5.41, 5.74) is 0.504. The first-order chi connectivity index (χ1) is 11.6. The van der Waals surface area contributed by atoms with E-state index in [4.69, 9.17) is 23.2 Å². The molecule has 0 atom stereocenters. The second-order valence-corrected chi connectivity index (χ2v) is 7.90. The standard InChI is InChI=1S/C18H20Cl2N2OS/c19-15-10-14(11-16(20)12-15)18(23)21-5-8-22-6-3-13(4-7-22)17-2-1-9-24-17/h1-2,9-13H,3-8H2,(H,21,23). The molecule has 2 heterocycles. The molecular formula is C18H20Cl2N2OS. The third-order valence-electron chi connectivity index (χ3n) is 4.37. The van der Waals surface area contributed by atoms with Gasteiger partial charge in [-0.3, -0.25) is 4.79 Å². The molecule has 1 N–H and O–H groups in total. The number of hydrogen-bond acceptors (Lipinski definition) is 3. The van der Waals surface area contributed by atoms with Crippen LogP contribution >= 0.6 is 34.5 Å². The Morgan fingerprint density at radius 1 is 1.21 bits per heavy atom. The summed E-state index contributed by atoms with van der Waals surface area (Å²) in [6, 6.07) is 9.26. The van der Waals surface area contributed by atoms with E-state index < -0.39 is 0 Å². The molecular weight excluding hydrogens is 363 g/mol. The summed E-state index contributed by atoms with van der Waals surface area (Å²) >= 11 is 13.7. The van der Waals surface area contributed by atoms with Crippen molar-refractivity contribution < 1.29 is 4.79 Å². The van der Waals surface area contributed by atoms with Crippen molar-refractivity contribution in [1.82, 2.24) is 10.2 Å². The minimum absolute atomic E-state index is 0.132. The third-order valence-corrected chi connectivity index (χ3v) is 5.84. The van der Waals surface area contributed by atoms with Crippen LogP contribution in [0.15, 0.2) is 35.7 Å². The summed E-state index contributed by atoms with van der Waals surface area (Å²) in [7, 11) is 0. The molecule has 128 valence electrons. The fourth-order valence-electron chi connectivity index (χ4n) is 3.08. The molecule has 6 heteroatoms. The summed E-state index contributed by atoms with van der Waals surface area (Å²) < 4.78 is 0. The highest BCUT2D eigenvalue weighted by atomic mass is 35.5. The molecule has 1 aliphatic heterocycles. The lowest BCUT2D eigenvalue weighted by molar-refractivity contribution is 0.0946. The number of amides is 1. The molecule has 0 saturated carbocycles. The van der Waals surface area contributed by atoms with Gasteiger partial charge in [-0.15, -0.1) is 11.3 Å². The van der Waals surface area contributed by atoms with Crippen LogP contribution < -0.4 is 5.32 Å². The molecule has 1 fully saturated rings. The molecule has 1 saturated heterocycles. The van der Waals surface area contributed by atoms with Crippen LogP contribution in [-0.2, 0) is 0 Å². The van der Waals surface area contributed by atoms with Crippen molar-refractivity contribution >= 4 is 40.4 Å². The molecule has 1 aromatic carbocycles. The number of nitrogens with zero attached hydrogens (tertiary/aromatic N) is 1. The minimum Gasteiger partial charge on any atom is -0.351 e. The zero-order valence-electron chi connectivity index (χ0n) is 13.3. The average Bonchev–Trinajstić information content (AvgIpc) is 3.09. The number of carbonyl (C=O) groups excluding carboxylic acids is 1. The van der Waals surface area contributed by atoms with E-state index >= 15 is 0 Å². The van der Waals surface area contributed by atoms with E-state index in [0.717, 1.165) is 19.6 Å². The molecule has 2 aromatic rings. The number of hydrogen-bond donors (Lipinski definition) is 1. The molecule has 0 spiro atoms. The van der Waals surface area contributed by atoms with Gasteiger partial charge >= 0.3 is 0 Å². The van der Waals surface area contributed by atoms with Crippen molar-refractivity contribution in [2.75, 3.05) is 26.2 Å².